The van der Waals surface area contributed by atoms with Crippen LogP contribution in [0.4, 0.5) is 10.5 Å². The maximum Gasteiger partial charge on any atom is 0.319 e. The van der Waals surface area contributed by atoms with Gasteiger partial charge in [0.1, 0.15) is 5.75 Å². The molecule has 122 valence electrons. The number of anilines is 1. The molecule has 0 aliphatic heterocycles. The standard InChI is InChI=1S/C17H18Cl2N2O2/c1-3-23-16-7-5-4-6-15(16)21-17(22)20-11(2)13-9-8-12(18)10-14(13)19/h4-11H,3H2,1-2H3,(H2,20,21,22). The molecule has 0 aliphatic carbocycles. The minimum absolute atomic E-state index is 0.265. The number of carbonyl (C=O) groups is 1. The number of benzene rings is 2. The molecule has 0 aliphatic rings. The third kappa shape index (κ3) is 4.78. The zero-order valence-electron chi connectivity index (χ0n) is 12.9. The molecule has 2 amide bonds. The monoisotopic (exact) mass is 352 g/mol. The molecule has 0 aromatic heterocycles. The fourth-order valence-corrected chi connectivity index (χ4v) is 2.71. The molecule has 2 N–H and O–H groups in total. The minimum atomic E-state index is -0.337. The molecule has 1 unspecified atom stereocenters. The number of nitrogens with one attached hydrogen (secondary N) is 2. The van der Waals surface area contributed by atoms with Crippen LogP contribution in [-0.4, -0.2) is 12.6 Å². The topological polar surface area (TPSA) is 50.4 Å². The van der Waals surface area contributed by atoms with Crippen molar-refractivity contribution in [3.05, 3.63) is 58.1 Å². The molecule has 1 atom stereocenters. The predicted octanol–water partition coefficient (Wildman–Crippen LogP) is 5.27. The highest BCUT2D eigenvalue weighted by Gasteiger charge is 2.14. The SMILES string of the molecule is CCOc1ccccc1NC(=O)NC(C)c1ccc(Cl)cc1Cl. The summed E-state index contributed by atoms with van der Waals surface area (Å²) in [5.74, 6) is 0.627. The summed E-state index contributed by atoms with van der Waals surface area (Å²) >= 11 is 12.0. The highest BCUT2D eigenvalue weighted by molar-refractivity contribution is 6.35. The molecular formula is C17H18Cl2N2O2. The van der Waals surface area contributed by atoms with Gasteiger partial charge in [-0.15, -0.1) is 0 Å². The number of hydrogen-bond donors (Lipinski definition) is 2. The Hall–Kier alpha value is -1.91. The molecule has 2 aromatic carbocycles. The molecule has 0 heterocycles. The molecule has 0 radical (unpaired) electrons. The van der Waals surface area contributed by atoms with Crippen molar-refractivity contribution in [3.63, 3.8) is 0 Å². The smallest absolute Gasteiger partial charge is 0.319 e. The molecule has 0 saturated heterocycles. The Balaban J connectivity index is 2.04. The van der Waals surface area contributed by atoms with E-state index < -0.39 is 0 Å². The first-order chi connectivity index (χ1) is 11.0. The zero-order chi connectivity index (χ0) is 16.8. The van der Waals surface area contributed by atoms with Crippen LogP contribution in [0.1, 0.15) is 25.5 Å². The number of carbonyl (C=O) groups excluding carboxylic acids is 1. The Labute approximate surface area is 145 Å². The first kappa shape index (κ1) is 17.4. The molecule has 0 fully saturated rings. The van der Waals surface area contributed by atoms with Gasteiger partial charge in [0, 0.05) is 10.0 Å². The van der Waals surface area contributed by atoms with E-state index >= 15 is 0 Å². The quantitative estimate of drug-likeness (QED) is 0.769. The Kier molecular flexibility index (Phi) is 6.13. The fourth-order valence-electron chi connectivity index (χ4n) is 2.14. The summed E-state index contributed by atoms with van der Waals surface area (Å²) in [6.07, 6.45) is 0. The van der Waals surface area contributed by atoms with E-state index in [1.165, 1.54) is 0 Å². The van der Waals surface area contributed by atoms with E-state index in [1.54, 1.807) is 30.3 Å². The largest absolute Gasteiger partial charge is 0.492 e. The van der Waals surface area contributed by atoms with Crippen molar-refractivity contribution in [2.24, 2.45) is 0 Å². The van der Waals surface area contributed by atoms with Gasteiger partial charge in [0.15, 0.2) is 0 Å². The third-order valence-electron chi connectivity index (χ3n) is 3.21. The second-order valence-electron chi connectivity index (χ2n) is 4.92. The van der Waals surface area contributed by atoms with Gasteiger partial charge >= 0.3 is 6.03 Å². The fraction of sp³-hybridized carbons (Fsp3) is 0.235. The van der Waals surface area contributed by atoms with E-state index in [0.717, 1.165) is 5.56 Å². The number of urea groups is 1. The summed E-state index contributed by atoms with van der Waals surface area (Å²) in [6, 6.07) is 11.9. The molecule has 0 bridgehead atoms. The number of hydrogen-bond acceptors (Lipinski definition) is 2. The Bertz CT molecular complexity index is 692. The lowest BCUT2D eigenvalue weighted by Gasteiger charge is -2.17. The normalized spacial score (nSPS) is 11.7. The molecule has 0 spiro atoms. The van der Waals surface area contributed by atoms with Crippen molar-refractivity contribution >= 4 is 34.9 Å². The van der Waals surface area contributed by atoms with Gasteiger partial charge in [0.05, 0.1) is 18.3 Å². The van der Waals surface area contributed by atoms with Gasteiger partial charge in [-0.25, -0.2) is 4.79 Å². The lowest BCUT2D eigenvalue weighted by molar-refractivity contribution is 0.249. The van der Waals surface area contributed by atoms with Gasteiger partial charge in [-0.3, -0.25) is 0 Å². The van der Waals surface area contributed by atoms with Crippen molar-refractivity contribution in [1.82, 2.24) is 5.32 Å². The number of ether oxygens (including phenoxy) is 1. The predicted molar refractivity (Wildman–Crippen MR) is 94.6 cm³/mol. The van der Waals surface area contributed by atoms with Crippen LogP contribution in [0.15, 0.2) is 42.5 Å². The minimum Gasteiger partial charge on any atom is -0.492 e. The lowest BCUT2D eigenvalue weighted by atomic mass is 10.1. The maximum absolute atomic E-state index is 12.2. The van der Waals surface area contributed by atoms with E-state index in [9.17, 15) is 4.79 Å². The van der Waals surface area contributed by atoms with Gasteiger partial charge < -0.3 is 15.4 Å². The first-order valence-corrected chi connectivity index (χ1v) is 8.01. The van der Waals surface area contributed by atoms with Crippen LogP contribution in [0.5, 0.6) is 5.75 Å². The number of para-hydroxylation sites is 2. The van der Waals surface area contributed by atoms with Gasteiger partial charge in [0.2, 0.25) is 0 Å². The summed E-state index contributed by atoms with van der Waals surface area (Å²) in [5.41, 5.74) is 1.41. The van der Waals surface area contributed by atoms with Crippen LogP contribution in [0.25, 0.3) is 0 Å². The maximum atomic E-state index is 12.2. The molecular weight excluding hydrogens is 335 g/mol. The molecule has 0 saturated carbocycles. The van der Waals surface area contributed by atoms with Crippen LogP contribution < -0.4 is 15.4 Å². The highest BCUT2D eigenvalue weighted by Crippen LogP contribution is 2.27. The first-order valence-electron chi connectivity index (χ1n) is 7.25. The summed E-state index contributed by atoms with van der Waals surface area (Å²) in [5, 5.41) is 6.69. The van der Waals surface area contributed by atoms with Crippen molar-refractivity contribution in [1.29, 1.82) is 0 Å². The third-order valence-corrected chi connectivity index (χ3v) is 3.77. The summed E-state index contributed by atoms with van der Waals surface area (Å²) in [6.45, 7) is 4.27. The van der Waals surface area contributed by atoms with Crippen LogP contribution in [-0.2, 0) is 0 Å². The van der Waals surface area contributed by atoms with Crippen LogP contribution in [0, 0.1) is 0 Å². The Morgan fingerprint density at radius 2 is 1.96 bits per heavy atom. The van der Waals surface area contributed by atoms with Crippen LogP contribution >= 0.6 is 23.2 Å². The highest BCUT2D eigenvalue weighted by atomic mass is 35.5. The van der Waals surface area contributed by atoms with E-state index in [4.69, 9.17) is 27.9 Å². The van der Waals surface area contributed by atoms with E-state index in [0.29, 0.717) is 28.1 Å². The summed E-state index contributed by atoms with van der Waals surface area (Å²) < 4.78 is 5.48. The second kappa shape index (κ2) is 8.09. The van der Waals surface area contributed by atoms with Gasteiger partial charge in [-0.2, -0.15) is 0 Å². The molecule has 2 rings (SSSR count). The van der Waals surface area contributed by atoms with Crippen molar-refractivity contribution in [2.75, 3.05) is 11.9 Å². The van der Waals surface area contributed by atoms with Crippen LogP contribution in [0.3, 0.4) is 0 Å². The lowest BCUT2D eigenvalue weighted by Crippen LogP contribution is -2.31. The molecule has 2 aromatic rings. The zero-order valence-corrected chi connectivity index (χ0v) is 14.4. The van der Waals surface area contributed by atoms with Gasteiger partial charge in [-0.1, -0.05) is 41.4 Å². The number of halogens is 2. The Morgan fingerprint density at radius 3 is 2.65 bits per heavy atom. The average Bonchev–Trinajstić information content (AvgIpc) is 2.49. The van der Waals surface area contributed by atoms with Crippen LogP contribution in [0.2, 0.25) is 10.0 Å². The van der Waals surface area contributed by atoms with Crippen molar-refractivity contribution < 1.29 is 9.53 Å². The summed E-state index contributed by atoms with van der Waals surface area (Å²) in [4.78, 5) is 12.2. The van der Waals surface area contributed by atoms with E-state index in [1.807, 2.05) is 26.0 Å². The molecule has 4 nitrogen and oxygen atoms in total. The van der Waals surface area contributed by atoms with Gasteiger partial charge in [-0.05, 0) is 43.7 Å². The van der Waals surface area contributed by atoms with Crippen molar-refractivity contribution in [2.45, 2.75) is 19.9 Å². The molecule has 6 heteroatoms. The van der Waals surface area contributed by atoms with Gasteiger partial charge in [0.25, 0.3) is 0 Å². The summed E-state index contributed by atoms with van der Waals surface area (Å²) in [7, 11) is 0. The van der Waals surface area contributed by atoms with E-state index in [-0.39, 0.29) is 12.1 Å². The number of rotatable bonds is 5. The Morgan fingerprint density at radius 1 is 1.22 bits per heavy atom. The second-order valence-corrected chi connectivity index (χ2v) is 5.76. The number of amides is 2. The van der Waals surface area contributed by atoms with E-state index in [2.05, 4.69) is 10.6 Å². The average molecular weight is 353 g/mol. The van der Waals surface area contributed by atoms with Crippen molar-refractivity contribution in [3.8, 4) is 5.75 Å². The molecule has 23 heavy (non-hydrogen) atoms.